The van der Waals surface area contributed by atoms with Gasteiger partial charge in [0.2, 0.25) is 5.75 Å². The fourth-order valence-corrected chi connectivity index (χ4v) is 4.26. The fraction of sp³-hybridized carbons (Fsp3) is 0.185. The molecule has 0 unspecified atom stereocenters. The average Bonchev–Trinajstić information content (AvgIpc) is 2.85. The molecule has 1 amide bonds. The van der Waals surface area contributed by atoms with Crippen LogP contribution >= 0.6 is 22.6 Å². The lowest BCUT2D eigenvalue weighted by molar-refractivity contribution is -0.385. The second-order valence-corrected chi connectivity index (χ2v) is 9.41. The minimum atomic E-state index is -4.77. The normalized spacial score (nSPS) is 11.5. The van der Waals surface area contributed by atoms with E-state index in [0.29, 0.717) is 27.0 Å². The number of rotatable bonds is 8. The molecule has 202 valence electrons. The zero-order valence-electron chi connectivity index (χ0n) is 20.9. The zero-order chi connectivity index (χ0) is 28.9. The van der Waals surface area contributed by atoms with E-state index in [4.69, 9.17) is 9.47 Å². The molecule has 0 aliphatic rings. The number of nitrogens with one attached hydrogen (secondary N) is 1. The molecule has 0 fully saturated rings. The first-order valence-corrected chi connectivity index (χ1v) is 12.4. The molecule has 0 radical (unpaired) electrons. The van der Waals surface area contributed by atoms with E-state index in [0.717, 1.165) is 17.2 Å². The number of amides is 1. The summed E-state index contributed by atoms with van der Waals surface area (Å²) in [5, 5.41) is 23.8. The molecular weight excluding hydrogens is 630 g/mol. The van der Waals surface area contributed by atoms with Crippen LogP contribution in [0.25, 0.3) is 6.08 Å². The minimum Gasteiger partial charge on any atom is -0.490 e. The monoisotopic (exact) mass is 651 g/mol. The molecule has 8 nitrogen and oxygen atoms in total. The number of benzene rings is 3. The molecule has 0 aliphatic carbocycles. The van der Waals surface area contributed by atoms with Crippen molar-refractivity contribution >= 4 is 45.9 Å². The highest BCUT2D eigenvalue weighted by atomic mass is 127. The van der Waals surface area contributed by atoms with Gasteiger partial charge >= 0.3 is 11.9 Å². The van der Waals surface area contributed by atoms with Gasteiger partial charge in [0.05, 0.1) is 20.7 Å². The molecule has 0 saturated carbocycles. The summed E-state index contributed by atoms with van der Waals surface area (Å²) in [7, 11) is 0. The van der Waals surface area contributed by atoms with Crippen LogP contribution in [-0.4, -0.2) is 17.4 Å². The first-order valence-electron chi connectivity index (χ1n) is 11.3. The lowest BCUT2D eigenvalue weighted by Gasteiger charge is -2.15. The molecule has 0 heterocycles. The van der Waals surface area contributed by atoms with Gasteiger partial charge in [0, 0.05) is 11.8 Å². The first-order chi connectivity index (χ1) is 18.3. The third-order valence-corrected chi connectivity index (χ3v) is 6.13. The van der Waals surface area contributed by atoms with Gasteiger partial charge in [-0.25, -0.2) is 0 Å². The van der Waals surface area contributed by atoms with Crippen molar-refractivity contribution in [1.82, 2.24) is 0 Å². The van der Waals surface area contributed by atoms with Crippen molar-refractivity contribution in [2.75, 3.05) is 11.9 Å². The number of ether oxygens (including phenoxy) is 2. The quantitative estimate of drug-likeness (QED) is 0.0884. The Kier molecular flexibility index (Phi) is 9.18. The van der Waals surface area contributed by atoms with Crippen molar-refractivity contribution in [3.8, 4) is 23.3 Å². The molecule has 0 atom stereocenters. The van der Waals surface area contributed by atoms with Crippen molar-refractivity contribution in [3.05, 3.63) is 90.0 Å². The predicted molar refractivity (Wildman–Crippen MR) is 147 cm³/mol. The number of carbonyl (C=O) groups is 1. The highest BCUT2D eigenvalue weighted by Crippen LogP contribution is 2.42. The summed E-state index contributed by atoms with van der Waals surface area (Å²) in [5.74, 6) is -0.911. The summed E-state index contributed by atoms with van der Waals surface area (Å²) in [6.07, 6.45) is -3.43. The number of nitro groups is 1. The summed E-state index contributed by atoms with van der Waals surface area (Å²) >= 11 is 1.86. The Bertz CT molecular complexity index is 1510. The summed E-state index contributed by atoms with van der Waals surface area (Å²) in [6.45, 7) is 5.58. The van der Waals surface area contributed by atoms with Crippen molar-refractivity contribution in [3.63, 3.8) is 0 Å². The Morgan fingerprint density at radius 1 is 1.15 bits per heavy atom. The van der Waals surface area contributed by atoms with Gasteiger partial charge in [-0.1, -0.05) is 17.7 Å². The lowest BCUT2D eigenvalue weighted by Crippen LogP contribution is -2.14. The Balaban J connectivity index is 1.99. The van der Waals surface area contributed by atoms with Gasteiger partial charge in [-0.15, -0.1) is 0 Å². The van der Waals surface area contributed by atoms with Crippen LogP contribution in [0.2, 0.25) is 0 Å². The second-order valence-electron chi connectivity index (χ2n) is 8.24. The molecular formula is C27H21F3IN3O5. The van der Waals surface area contributed by atoms with Crippen LogP contribution in [0.15, 0.2) is 54.1 Å². The minimum absolute atomic E-state index is 0.0238. The molecule has 12 heteroatoms. The van der Waals surface area contributed by atoms with Gasteiger partial charge in [0.15, 0.2) is 11.5 Å². The van der Waals surface area contributed by atoms with Crippen molar-refractivity contribution in [2.24, 2.45) is 0 Å². The Labute approximate surface area is 235 Å². The summed E-state index contributed by atoms with van der Waals surface area (Å²) in [6, 6.07) is 12.3. The topological polar surface area (TPSA) is 114 Å². The second kappa shape index (κ2) is 12.2. The van der Waals surface area contributed by atoms with Crippen LogP contribution in [0.4, 0.5) is 24.5 Å². The summed E-state index contributed by atoms with van der Waals surface area (Å²) in [4.78, 5) is 23.3. The lowest BCUT2D eigenvalue weighted by atomic mass is 10.1. The third kappa shape index (κ3) is 7.26. The average molecular weight is 651 g/mol. The molecule has 3 rings (SSSR count). The largest absolute Gasteiger partial charge is 0.490 e. The predicted octanol–water partition coefficient (Wildman–Crippen LogP) is 7.57. The molecule has 3 aromatic carbocycles. The van der Waals surface area contributed by atoms with Crippen LogP contribution in [0, 0.1) is 38.9 Å². The van der Waals surface area contributed by atoms with E-state index in [9.17, 15) is 33.3 Å². The van der Waals surface area contributed by atoms with Gasteiger partial charge in [0.25, 0.3) is 5.91 Å². The van der Waals surface area contributed by atoms with E-state index in [-0.39, 0.29) is 23.7 Å². The van der Waals surface area contributed by atoms with Crippen molar-refractivity contribution in [2.45, 2.75) is 26.9 Å². The number of alkyl halides is 3. The molecule has 0 bridgehead atoms. The number of carbonyl (C=O) groups excluding carboxylic acids is 1. The number of nitro benzene ring substituents is 1. The van der Waals surface area contributed by atoms with Gasteiger partial charge in [0.1, 0.15) is 11.6 Å². The molecule has 1 N–H and O–H groups in total. The van der Waals surface area contributed by atoms with Crippen molar-refractivity contribution in [1.29, 1.82) is 5.26 Å². The standard InChI is InChI=1S/C27H21F3IN3O5/c1-4-38-24-12-17(10-18(14-32)26(35)33-21-7-5-15(2)9-16(21)3)11-20(31)25(24)39-23-8-6-19(27(28,29)30)13-22(23)34(36)37/h5-13H,4H2,1-3H3,(H,33,35)/b18-10+. The highest BCUT2D eigenvalue weighted by Gasteiger charge is 2.33. The smallest absolute Gasteiger partial charge is 0.416 e. The maximum atomic E-state index is 13.1. The third-order valence-electron chi connectivity index (χ3n) is 5.33. The van der Waals surface area contributed by atoms with E-state index in [1.54, 1.807) is 13.0 Å². The van der Waals surface area contributed by atoms with E-state index >= 15 is 0 Å². The molecule has 0 spiro atoms. The molecule has 39 heavy (non-hydrogen) atoms. The Morgan fingerprint density at radius 2 is 1.87 bits per heavy atom. The van der Waals surface area contributed by atoms with Gasteiger partial charge in [-0.05, 0) is 90.9 Å². The number of hydrogen-bond donors (Lipinski definition) is 1. The van der Waals surface area contributed by atoms with Crippen LogP contribution in [0.3, 0.4) is 0 Å². The van der Waals surface area contributed by atoms with Gasteiger partial charge in [-0.2, -0.15) is 18.4 Å². The highest BCUT2D eigenvalue weighted by molar-refractivity contribution is 14.1. The van der Waals surface area contributed by atoms with Gasteiger partial charge in [-0.3, -0.25) is 14.9 Å². The Hall–Kier alpha value is -4.12. The van der Waals surface area contributed by atoms with E-state index in [1.807, 2.05) is 54.6 Å². The SMILES string of the molecule is CCOc1cc(/C=C(\C#N)C(=O)Nc2ccc(C)cc2C)cc(I)c1Oc1ccc(C(F)(F)F)cc1[N+](=O)[O-]. The fourth-order valence-electron chi connectivity index (χ4n) is 3.52. The zero-order valence-corrected chi connectivity index (χ0v) is 23.0. The summed E-state index contributed by atoms with van der Waals surface area (Å²) < 4.78 is 50.9. The van der Waals surface area contributed by atoms with Crippen LogP contribution < -0.4 is 14.8 Å². The van der Waals surface area contributed by atoms with Crippen LogP contribution in [-0.2, 0) is 11.0 Å². The van der Waals surface area contributed by atoms with Crippen molar-refractivity contribution < 1.29 is 32.4 Å². The van der Waals surface area contributed by atoms with Gasteiger partial charge < -0.3 is 14.8 Å². The number of nitriles is 1. The Morgan fingerprint density at radius 3 is 2.46 bits per heavy atom. The molecule has 3 aromatic rings. The van der Waals surface area contributed by atoms with E-state index in [2.05, 4.69) is 5.32 Å². The van der Waals surface area contributed by atoms with E-state index in [1.165, 1.54) is 18.2 Å². The van der Waals surface area contributed by atoms with Crippen LogP contribution in [0.1, 0.15) is 29.2 Å². The number of aryl methyl sites for hydroxylation is 2. The maximum absolute atomic E-state index is 13.1. The molecule has 0 saturated heterocycles. The van der Waals surface area contributed by atoms with E-state index < -0.39 is 34.0 Å². The maximum Gasteiger partial charge on any atom is 0.416 e. The number of anilines is 1. The number of halogens is 4. The molecule has 0 aliphatic heterocycles. The number of hydrogen-bond acceptors (Lipinski definition) is 6. The van der Waals surface area contributed by atoms with Crippen LogP contribution in [0.5, 0.6) is 17.2 Å². The first kappa shape index (κ1) is 29.4. The number of nitrogens with zero attached hydrogens (tertiary/aromatic N) is 2. The molecule has 0 aromatic heterocycles. The summed E-state index contributed by atoms with van der Waals surface area (Å²) in [5.41, 5.74) is 0.533.